The van der Waals surface area contributed by atoms with Gasteiger partial charge in [-0.1, -0.05) is 26.3 Å². The Morgan fingerprint density at radius 2 is 2.00 bits per heavy atom. The zero-order valence-corrected chi connectivity index (χ0v) is 20.5. The Hall–Kier alpha value is -3.13. The highest BCUT2D eigenvalue weighted by atomic mass is 32.2. The number of nitrogens with zero attached hydrogens (tertiary/aromatic N) is 5. The molecule has 0 radical (unpaired) electrons. The highest BCUT2D eigenvalue weighted by Gasteiger charge is 2.26. The second-order valence-corrected chi connectivity index (χ2v) is 9.42. The minimum absolute atomic E-state index is 0.267. The lowest BCUT2D eigenvalue weighted by Crippen LogP contribution is -2.31. The van der Waals surface area contributed by atoms with Crippen molar-refractivity contribution in [2.45, 2.75) is 50.3 Å². The molecule has 2 aliphatic heterocycles. The van der Waals surface area contributed by atoms with E-state index in [9.17, 15) is 3.89 Å². The van der Waals surface area contributed by atoms with Gasteiger partial charge in [-0.2, -0.15) is 8.98 Å². The van der Waals surface area contributed by atoms with Crippen LogP contribution in [0, 0.1) is 0 Å². The lowest BCUT2D eigenvalue weighted by molar-refractivity contribution is 0.619. The lowest BCUT2D eigenvalue weighted by atomic mass is 10.0. The van der Waals surface area contributed by atoms with Gasteiger partial charge in [0.2, 0.25) is 5.96 Å². The van der Waals surface area contributed by atoms with Gasteiger partial charge in [-0.05, 0) is 56.0 Å². The number of rotatable bonds is 2. The quantitative estimate of drug-likeness (QED) is 0.464. The van der Waals surface area contributed by atoms with Gasteiger partial charge in [0.15, 0.2) is 0 Å². The van der Waals surface area contributed by atoms with Crippen molar-refractivity contribution < 1.29 is 3.89 Å². The number of fused-ring (bicyclic) bond motifs is 7. The molecule has 2 aliphatic rings. The number of aryl methyl sites for hydroxylation is 2. The molecule has 0 unspecified atom stereocenters. The van der Waals surface area contributed by atoms with Crippen molar-refractivity contribution in [3.05, 3.63) is 60.1 Å². The number of guanidine groups is 1. The van der Waals surface area contributed by atoms with Crippen LogP contribution in [0.25, 0.3) is 17.0 Å². The fraction of sp³-hybridized carbons (Fsp3) is 0.346. The molecule has 1 N–H and O–H groups in total. The molecular formula is C26H29FN6S. The van der Waals surface area contributed by atoms with Gasteiger partial charge >= 0.3 is 0 Å². The number of aromatic nitrogens is 3. The van der Waals surface area contributed by atoms with Gasteiger partial charge in [0, 0.05) is 41.0 Å². The van der Waals surface area contributed by atoms with Crippen LogP contribution in [0.3, 0.4) is 0 Å². The molecule has 0 amide bonds. The van der Waals surface area contributed by atoms with E-state index < -0.39 is 0 Å². The molecule has 0 saturated carbocycles. The molecule has 1 aromatic carbocycles. The van der Waals surface area contributed by atoms with Gasteiger partial charge in [0.25, 0.3) is 0 Å². The van der Waals surface area contributed by atoms with E-state index in [0.29, 0.717) is 10.6 Å². The van der Waals surface area contributed by atoms with E-state index in [4.69, 9.17) is 9.98 Å². The fourth-order valence-corrected chi connectivity index (χ4v) is 4.94. The van der Waals surface area contributed by atoms with Gasteiger partial charge < -0.3 is 10.2 Å². The third kappa shape index (κ3) is 4.34. The average molecular weight is 477 g/mol. The van der Waals surface area contributed by atoms with Gasteiger partial charge in [-0.3, -0.25) is 9.67 Å². The molecule has 0 saturated heterocycles. The van der Waals surface area contributed by atoms with Crippen molar-refractivity contribution in [3.8, 4) is 11.3 Å². The zero-order valence-electron chi connectivity index (χ0n) is 19.6. The Balaban J connectivity index is 1.59. The number of aliphatic imine (C=N–C) groups is 1. The Morgan fingerprint density at radius 3 is 2.82 bits per heavy atom. The summed E-state index contributed by atoms with van der Waals surface area (Å²) in [6.45, 7) is 7.22. The summed E-state index contributed by atoms with van der Waals surface area (Å²) in [5.41, 5.74) is 7.71. The molecule has 8 heteroatoms. The molecule has 4 heterocycles. The maximum Gasteiger partial charge on any atom is 0.208 e. The molecule has 2 bridgehead atoms. The molecule has 5 rings (SSSR count). The number of halogens is 1. The highest BCUT2D eigenvalue weighted by Crippen LogP contribution is 2.37. The van der Waals surface area contributed by atoms with Crippen molar-refractivity contribution in [2.75, 3.05) is 16.8 Å². The number of pyridine rings is 1. The van der Waals surface area contributed by atoms with Crippen molar-refractivity contribution in [1.82, 2.24) is 14.8 Å². The van der Waals surface area contributed by atoms with Crippen molar-refractivity contribution >= 4 is 35.2 Å². The summed E-state index contributed by atoms with van der Waals surface area (Å²) in [5.74, 6) is 0.731. The molecule has 0 fully saturated rings. The summed E-state index contributed by atoms with van der Waals surface area (Å²) in [5, 5.41) is 7.95. The average Bonchev–Trinajstić information content (AvgIpc) is 3.39. The maximum atomic E-state index is 13.3. The number of anilines is 2. The van der Waals surface area contributed by atoms with E-state index in [1.54, 1.807) is 6.07 Å². The predicted octanol–water partition coefficient (Wildman–Crippen LogP) is 6.40. The van der Waals surface area contributed by atoms with E-state index >= 15 is 0 Å². The molecule has 3 aromatic rings. The van der Waals surface area contributed by atoms with Crippen LogP contribution in [0.15, 0.2) is 53.0 Å². The number of nitrogens with one attached hydrogen (secondary N) is 1. The van der Waals surface area contributed by atoms with E-state index in [1.165, 1.54) is 5.69 Å². The summed E-state index contributed by atoms with van der Waals surface area (Å²) in [6, 6.07) is 9.71. The largest absolute Gasteiger partial charge is 0.324 e. The van der Waals surface area contributed by atoms with Crippen LogP contribution in [0.5, 0.6) is 0 Å². The second kappa shape index (κ2) is 9.62. The SMILES string of the molecule is C=C1/N=C2\Nc3ccc(SF)cc3N2CCCCCCc2c(cnn2C)-c2cc1cc(CC)n2. The minimum Gasteiger partial charge on any atom is -0.324 e. The van der Waals surface area contributed by atoms with E-state index in [-0.39, 0.29) is 12.1 Å². The first-order valence-electron chi connectivity index (χ1n) is 11.8. The Kier molecular flexibility index (Phi) is 6.41. The van der Waals surface area contributed by atoms with Crippen molar-refractivity contribution in [2.24, 2.45) is 12.0 Å². The lowest BCUT2D eigenvalue weighted by Gasteiger charge is -2.19. The smallest absolute Gasteiger partial charge is 0.208 e. The monoisotopic (exact) mass is 476 g/mol. The van der Waals surface area contributed by atoms with Crippen LogP contribution in [-0.2, 0) is 19.9 Å². The number of benzene rings is 1. The van der Waals surface area contributed by atoms with Gasteiger partial charge in [-0.25, -0.2) is 4.99 Å². The Morgan fingerprint density at radius 1 is 1.15 bits per heavy atom. The van der Waals surface area contributed by atoms with E-state index in [0.717, 1.165) is 84.9 Å². The molecule has 0 atom stereocenters. The maximum absolute atomic E-state index is 13.3. The topological polar surface area (TPSA) is 58.3 Å². The first kappa shape index (κ1) is 22.7. The summed E-state index contributed by atoms with van der Waals surface area (Å²) < 4.78 is 15.3. The van der Waals surface area contributed by atoms with Crippen LogP contribution in [0.2, 0.25) is 0 Å². The third-order valence-electron chi connectivity index (χ3n) is 6.55. The van der Waals surface area contributed by atoms with Gasteiger partial charge in [0.05, 0.1) is 41.1 Å². The summed E-state index contributed by atoms with van der Waals surface area (Å²) in [4.78, 5) is 12.6. The molecule has 2 aromatic heterocycles. The molecule has 176 valence electrons. The highest BCUT2D eigenvalue weighted by molar-refractivity contribution is 7.94. The molecule has 34 heavy (non-hydrogen) atoms. The Bertz CT molecular complexity index is 1260. The summed E-state index contributed by atoms with van der Waals surface area (Å²) in [7, 11) is 2.00. The standard InChI is InChI=1S/C26H29FN6S/c1-4-19-13-18-14-23(30-19)21-16-28-32(3)24(21)9-7-5-6-8-12-33-25-15-20(34-27)10-11-22(25)31-26(33)29-17(18)2/h10-11,13-16H,2,4-9,12H2,1,3H3,(H,29,31). The van der Waals surface area contributed by atoms with Crippen LogP contribution in [-0.4, -0.2) is 27.3 Å². The third-order valence-corrected chi connectivity index (χ3v) is 6.98. The number of hydrogen-bond acceptors (Lipinski definition) is 6. The zero-order chi connectivity index (χ0) is 23.7. The first-order valence-corrected chi connectivity index (χ1v) is 12.6. The first-order chi connectivity index (χ1) is 16.6. The van der Waals surface area contributed by atoms with E-state index in [1.807, 2.05) is 30.1 Å². The van der Waals surface area contributed by atoms with Crippen molar-refractivity contribution in [1.29, 1.82) is 0 Å². The molecular weight excluding hydrogens is 447 g/mol. The van der Waals surface area contributed by atoms with Crippen LogP contribution >= 0.6 is 12.1 Å². The van der Waals surface area contributed by atoms with Gasteiger partial charge in [0.1, 0.15) is 0 Å². The van der Waals surface area contributed by atoms with Crippen LogP contribution in [0.1, 0.15) is 49.6 Å². The van der Waals surface area contributed by atoms with Crippen LogP contribution in [0.4, 0.5) is 15.3 Å². The fourth-order valence-electron chi connectivity index (χ4n) is 4.66. The Labute approximate surface area is 204 Å². The van der Waals surface area contributed by atoms with Crippen LogP contribution < -0.4 is 10.2 Å². The summed E-state index contributed by atoms with van der Waals surface area (Å²) >= 11 is 0.267. The van der Waals surface area contributed by atoms with Gasteiger partial charge in [-0.15, -0.1) is 0 Å². The minimum atomic E-state index is 0.267. The predicted molar refractivity (Wildman–Crippen MR) is 139 cm³/mol. The molecule has 0 spiro atoms. The second-order valence-electron chi connectivity index (χ2n) is 8.79. The van der Waals surface area contributed by atoms with Crippen molar-refractivity contribution in [3.63, 3.8) is 0 Å². The summed E-state index contributed by atoms with van der Waals surface area (Å²) in [6.07, 6.45) is 8.06. The molecule has 6 nitrogen and oxygen atoms in total. The normalized spacial score (nSPS) is 17.6. The van der Waals surface area contributed by atoms with E-state index in [2.05, 4.69) is 41.0 Å². The molecule has 0 aliphatic carbocycles. The number of hydrogen-bond donors (Lipinski definition) is 1.